The summed E-state index contributed by atoms with van der Waals surface area (Å²) in [6.45, 7) is 2.19. The molecule has 1 unspecified atom stereocenters. The number of hydrogen-bond donors (Lipinski definition) is 1. The van der Waals surface area contributed by atoms with Crippen LogP contribution in [0.3, 0.4) is 0 Å². The summed E-state index contributed by atoms with van der Waals surface area (Å²) in [5.74, 6) is -1.71. The molecule has 4 rings (SSSR count). The van der Waals surface area contributed by atoms with Crippen LogP contribution in [-0.2, 0) is 14.3 Å². The lowest BCUT2D eigenvalue weighted by atomic mass is 9.87. The Kier molecular flexibility index (Phi) is 7.76. The van der Waals surface area contributed by atoms with Gasteiger partial charge in [0.25, 0.3) is 0 Å². The number of amides is 1. The van der Waals surface area contributed by atoms with Crippen molar-refractivity contribution < 1.29 is 37.3 Å². The molecule has 176 valence electrons. The van der Waals surface area contributed by atoms with Crippen LogP contribution in [0.4, 0.5) is 13.2 Å². The third kappa shape index (κ3) is 6.44. The van der Waals surface area contributed by atoms with Crippen molar-refractivity contribution in [1.29, 1.82) is 0 Å². The molecule has 7 nitrogen and oxygen atoms in total. The summed E-state index contributed by atoms with van der Waals surface area (Å²) in [6.07, 6.45) is 7.67. The van der Waals surface area contributed by atoms with Gasteiger partial charge in [0.15, 0.2) is 0 Å². The Morgan fingerprint density at radius 3 is 2.53 bits per heavy atom. The Balaban J connectivity index is 0.000000360. The minimum Gasteiger partial charge on any atom is -0.486 e. The summed E-state index contributed by atoms with van der Waals surface area (Å²) in [5, 5.41) is 7.12. The van der Waals surface area contributed by atoms with Crippen molar-refractivity contribution >= 4 is 11.9 Å². The van der Waals surface area contributed by atoms with Crippen LogP contribution >= 0.6 is 0 Å². The number of pyridine rings is 1. The third-order valence-electron chi connectivity index (χ3n) is 5.88. The van der Waals surface area contributed by atoms with Gasteiger partial charge in [0.1, 0.15) is 11.9 Å². The van der Waals surface area contributed by atoms with Gasteiger partial charge in [-0.2, -0.15) is 13.2 Å². The van der Waals surface area contributed by atoms with Crippen LogP contribution < -0.4 is 4.74 Å². The molecule has 1 spiro atoms. The van der Waals surface area contributed by atoms with Gasteiger partial charge in [0.2, 0.25) is 5.91 Å². The number of carboxylic acid groups (broad SMARTS) is 1. The van der Waals surface area contributed by atoms with Gasteiger partial charge in [-0.05, 0) is 50.7 Å². The molecule has 0 aromatic carbocycles. The predicted molar refractivity (Wildman–Crippen MR) is 108 cm³/mol. The number of piperidine rings is 1. The summed E-state index contributed by atoms with van der Waals surface area (Å²) in [7, 11) is 0. The molecule has 3 heterocycles. The maximum absolute atomic E-state index is 12.6. The number of aromatic nitrogens is 1. The summed E-state index contributed by atoms with van der Waals surface area (Å²) in [6, 6.07) is 3.81. The first-order valence-electron chi connectivity index (χ1n) is 10.7. The van der Waals surface area contributed by atoms with Crippen LogP contribution in [-0.4, -0.2) is 64.4 Å². The van der Waals surface area contributed by atoms with Gasteiger partial charge in [0.05, 0.1) is 18.4 Å². The number of alkyl halides is 3. The van der Waals surface area contributed by atoms with Crippen molar-refractivity contribution in [2.24, 2.45) is 0 Å². The summed E-state index contributed by atoms with van der Waals surface area (Å²) in [5.41, 5.74) is 0.900. The zero-order chi connectivity index (χ0) is 23.2. The number of rotatable bonds is 3. The highest BCUT2D eigenvalue weighted by molar-refractivity contribution is 5.93. The number of carbonyl (C=O) groups is 2. The molecule has 0 bridgehead atoms. The average molecular weight is 456 g/mol. The van der Waals surface area contributed by atoms with Gasteiger partial charge in [0, 0.05) is 31.3 Å². The maximum Gasteiger partial charge on any atom is 0.490 e. The number of halogens is 3. The van der Waals surface area contributed by atoms with Gasteiger partial charge < -0.3 is 19.5 Å². The molecular formula is C22H27F3N2O5. The molecule has 1 atom stereocenters. The van der Waals surface area contributed by atoms with Gasteiger partial charge in [-0.3, -0.25) is 9.78 Å². The fraction of sp³-hybridized carbons (Fsp3) is 0.591. The van der Waals surface area contributed by atoms with E-state index in [1.54, 1.807) is 12.4 Å². The Bertz CT molecular complexity index is 821. The molecule has 10 heteroatoms. The van der Waals surface area contributed by atoms with Crippen LogP contribution in [0.1, 0.15) is 44.9 Å². The molecule has 1 aliphatic carbocycles. The van der Waals surface area contributed by atoms with Crippen molar-refractivity contribution in [3.8, 4) is 5.75 Å². The molecule has 1 aromatic heterocycles. The van der Waals surface area contributed by atoms with Crippen molar-refractivity contribution in [3.05, 3.63) is 36.2 Å². The monoisotopic (exact) mass is 456 g/mol. The number of hydrogen-bond acceptors (Lipinski definition) is 5. The molecule has 2 saturated heterocycles. The maximum atomic E-state index is 12.6. The highest BCUT2D eigenvalue weighted by Gasteiger charge is 2.44. The number of ether oxygens (including phenoxy) is 2. The summed E-state index contributed by atoms with van der Waals surface area (Å²) >= 11 is 0. The Morgan fingerprint density at radius 1 is 1.25 bits per heavy atom. The quantitative estimate of drug-likeness (QED) is 0.746. The van der Waals surface area contributed by atoms with E-state index in [4.69, 9.17) is 19.4 Å². The molecule has 3 aliphatic rings. The first-order valence-corrected chi connectivity index (χ1v) is 10.7. The smallest absolute Gasteiger partial charge is 0.486 e. The number of carboxylic acids is 1. The van der Waals surface area contributed by atoms with Crippen molar-refractivity contribution in [2.75, 3.05) is 19.7 Å². The Morgan fingerprint density at radius 2 is 1.97 bits per heavy atom. The van der Waals surface area contributed by atoms with Crippen molar-refractivity contribution in [3.63, 3.8) is 0 Å². The SMILES string of the molecule is O=C(C1=CCCCC1)N1CCC2(CC1)CC(Oc1cccnc1)CO2.O=C(O)C(F)(F)F. The van der Waals surface area contributed by atoms with E-state index < -0.39 is 12.1 Å². The fourth-order valence-electron chi connectivity index (χ4n) is 4.19. The predicted octanol–water partition coefficient (Wildman–Crippen LogP) is 3.74. The number of carbonyl (C=O) groups excluding carboxylic acids is 1. The number of aliphatic carboxylic acids is 1. The van der Waals surface area contributed by atoms with E-state index in [0.717, 1.165) is 62.9 Å². The van der Waals surface area contributed by atoms with Crippen molar-refractivity contribution in [2.45, 2.75) is 62.8 Å². The summed E-state index contributed by atoms with van der Waals surface area (Å²) < 4.78 is 43.9. The standard InChI is InChI=1S/C20H26N2O3.C2HF3O2/c23-19(16-5-2-1-3-6-16)22-11-8-20(9-12-22)13-18(15-24-20)25-17-7-4-10-21-14-17;3-2(4,5)1(6)7/h4-5,7,10,14,18H,1-3,6,8-9,11-13,15H2;(H,6,7). The van der Waals surface area contributed by atoms with Crippen LogP contribution in [0, 0.1) is 0 Å². The van der Waals surface area contributed by atoms with Crippen LogP contribution in [0.2, 0.25) is 0 Å². The van der Waals surface area contributed by atoms with E-state index >= 15 is 0 Å². The van der Waals surface area contributed by atoms with E-state index in [2.05, 4.69) is 11.1 Å². The molecule has 2 aliphatic heterocycles. The second kappa shape index (κ2) is 10.3. The van der Waals surface area contributed by atoms with Crippen LogP contribution in [0.5, 0.6) is 5.75 Å². The van der Waals surface area contributed by atoms with Crippen molar-refractivity contribution in [1.82, 2.24) is 9.88 Å². The molecule has 1 amide bonds. The van der Waals surface area contributed by atoms with Gasteiger partial charge in [-0.15, -0.1) is 0 Å². The topological polar surface area (TPSA) is 89.0 Å². The minimum atomic E-state index is -5.08. The van der Waals surface area contributed by atoms with E-state index in [1.165, 1.54) is 6.42 Å². The molecule has 1 aromatic rings. The van der Waals surface area contributed by atoms with Gasteiger partial charge >= 0.3 is 12.1 Å². The number of likely N-dealkylation sites (tertiary alicyclic amines) is 1. The molecular weight excluding hydrogens is 429 g/mol. The highest BCUT2D eigenvalue weighted by atomic mass is 19.4. The molecule has 0 radical (unpaired) electrons. The van der Waals surface area contributed by atoms with Crippen LogP contribution in [0.15, 0.2) is 36.2 Å². The first kappa shape index (κ1) is 24.0. The Hall–Kier alpha value is -2.62. The van der Waals surface area contributed by atoms with E-state index in [-0.39, 0.29) is 17.6 Å². The second-order valence-corrected chi connectivity index (χ2v) is 8.20. The van der Waals surface area contributed by atoms with E-state index in [0.29, 0.717) is 6.61 Å². The Labute approximate surface area is 184 Å². The lowest BCUT2D eigenvalue weighted by molar-refractivity contribution is -0.192. The average Bonchev–Trinajstić information content (AvgIpc) is 3.16. The normalized spacial score (nSPS) is 22.5. The fourth-order valence-corrected chi connectivity index (χ4v) is 4.19. The molecule has 1 N–H and O–H groups in total. The minimum absolute atomic E-state index is 0.0764. The van der Waals surface area contributed by atoms with E-state index in [1.807, 2.05) is 17.0 Å². The van der Waals surface area contributed by atoms with E-state index in [9.17, 15) is 18.0 Å². The molecule has 32 heavy (non-hydrogen) atoms. The lowest BCUT2D eigenvalue weighted by Gasteiger charge is -2.39. The molecule has 2 fully saturated rings. The number of nitrogens with zero attached hydrogens (tertiary/aromatic N) is 2. The molecule has 0 saturated carbocycles. The van der Waals surface area contributed by atoms with Gasteiger partial charge in [-0.1, -0.05) is 6.08 Å². The first-order chi connectivity index (χ1) is 15.2. The summed E-state index contributed by atoms with van der Waals surface area (Å²) in [4.78, 5) is 27.6. The number of allylic oxidation sites excluding steroid dienone is 1. The zero-order valence-corrected chi connectivity index (χ0v) is 17.6. The van der Waals surface area contributed by atoms with Crippen LogP contribution in [0.25, 0.3) is 0 Å². The lowest BCUT2D eigenvalue weighted by Crippen LogP contribution is -2.47. The zero-order valence-electron chi connectivity index (χ0n) is 17.6. The highest BCUT2D eigenvalue weighted by Crippen LogP contribution is 2.37. The van der Waals surface area contributed by atoms with Gasteiger partial charge in [-0.25, -0.2) is 4.79 Å². The largest absolute Gasteiger partial charge is 0.490 e. The third-order valence-corrected chi connectivity index (χ3v) is 5.88. The second-order valence-electron chi connectivity index (χ2n) is 8.20.